The van der Waals surface area contributed by atoms with Crippen LogP contribution in [0.2, 0.25) is 0 Å². The van der Waals surface area contributed by atoms with Crippen LogP contribution in [0.4, 0.5) is 5.69 Å². The highest BCUT2D eigenvalue weighted by molar-refractivity contribution is 5.93. The lowest BCUT2D eigenvalue weighted by molar-refractivity contribution is 0.0522. The second-order valence-corrected chi connectivity index (χ2v) is 6.11. The average molecular weight is 361 g/mol. The van der Waals surface area contributed by atoms with E-state index in [0.29, 0.717) is 11.0 Å². The Morgan fingerprint density at radius 1 is 1.04 bits per heavy atom. The summed E-state index contributed by atoms with van der Waals surface area (Å²) < 4.78 is 10.1. The van der Waals surface area contributed by atoms with E-state index in [2.05, 4.69) is 11.8 Å². The van der Waals surface area contributed by atoms with E-state index < -0.39 is 11.6 Å². The number of rotatable bonds is 3. The van der Waals surface area contributed by atoms with Crippen molar-refractivity contribution in [3.05, 3.63) is 75.6 Å². The molecule has 0 aliphatic rings. The molecule has 0 spiro atoms. The van der Waals surface area contributed by atoms with Gasteiger partial charge in [-0.15, -0.1) is 0 Å². The van der Waals surface area contributed by atoms with Gasteiger partial charge in [0.1, 0.15) is 11.1 Å². The van der Waals surface area contributed by atoms with Gasteiger partial charge >= 0.3 is 11.6 Å². The minimum Gasteiger partial charge on any atom is -0.462 e. The van der Waals surface area contributed by atoms with E-state index in [1.165, 1.54) is 6.07 Å². The van der Waals surface area contributed by atoms with E-state index in [9.17, 15) is 9.59 Å². The fraction of sp³-hybridized carbons (Fsp3) is 0.182. The minimum absolute atomic E-state index is 0.117. The van der Waals surface area contributed by atoms with Gasteiger partial charge in [-0.05, 0) is 55.5 Å². The predicted molar refractivity (Wildman–Crippen MR) is 105 cm³/mol. The molecule has 0 saturated heterocycles. The average Bonchev–Trinajstić information content (AvgIpc) is 2.66. The van der Waals surface area contributed by atoms with Crippen molar-refractivity contribution in [2.24, 2.45) is 0 Å². The molecule has 0 aliphatic carbocycles. The summed E-state index contributed by atoms with van der Waals surface area (Å²) in [4.78, 5) is 25.8. The molecule has 0 amide bonds. The number of fused-ring (bicyclic) bond motifs is 1. The van der Waals surface area contributed by atoms with Gasteiger partial charge in [0.25, 0.3) is 0 Å². The van der Waals surface area contributed by atoms with Gasteiger partial charge < -0.3 is 14.1 Å². The molecule has 2 aromatic carbocycles. The molecule has 0 N–H and O–H groups in total. The Labute approximate surface area is 157 Å². The number of ether oxygens (including phenoxy) is 1. The Morgan fingerprint density at radius 3 is 2.37 bits per heavy atom. The second-order valence-electron chi connectivity index (χ2n) is 6.11. The van der Waals surface area contributed by atoms with Crippen molar-refractivity contribution >= 4 is 22.6 Å². The van der Waals surface area contributed by atoms with Gasteiger partial charge in [0.05, 0.1) is 6.61 Å². The van der Waals surface area contributed by atoms with Crippen LogP contribution in [-0.2, 0) is 4.74 Å². The lowest BCUT2D eigenvalue weighted by Crippen LogP contribution is -2.16. The second kappa shape index (κ2) is 7.79. The number of carbonyl (C=O) groups is 1. The number of hydrogen-bond acceptors (Lipinski definition) is 5. The number of carbonyl (C=O) groups excluding carboxylic acids is 1. The van der Waals surface area contributed by atoms with Crippen LogP contribution in [0.1, 0.15) is 28.4 Å². The first kappa shape index (κ1) is 18.3. The largest absolute Gasteiger partial charge is 0.462 e. The standard InChI is InChI=1S/C22H19NO4/c1-4-26-21(24)19-14-17-13-16(9-12-20(17)27-22(19)25)6-5-15-7-10-18(11-8-15)23(2)3/h7-14H,4H2,1-3H3. The molecule has 0 aliphatic heterocycles. The zero-order chi connectivity index (χ0) is 19.4. The third-order valence-electron chi connectivity index (χ3n) is 3.96. The van der Waals surface area contributed by atoms with Gasteiger partial charge in [-0.25, -0.2) is 9.59 Å². The fourth-order valence-electron chi connectivity index (χ4n) is 2.54. The molecule has 0 saturated carbocycles. The quantitative estimate of drug-likeness (QED) is 0.406. The molecule has 1 heterocycles. The molecule has 0 unspecified atom stereocenters. The number of nitrogens with zero attached hydrogens (tertiary/aromatic N) is 1. The molecule has 0 bridgehead atoms. The maximum absolute atomic E-state index is 11.9. The lowest BCUT2D eigenvalue weighted by Gasteiger charge is -2.11. The molecule has 136 valence electrons. The van der Waals surface area contributed by atoms with Crippen LogP contribution in [0.15, 0.2) is 57.7 Å². The molecule has 5 nitrogen and oxygen atoms in total. The molecule has 27 heavy (non-hydrogen) atoms. The zero-order valence-electron chi connectivity index (χ0n) is 15.4. The van der Waals surface area contributed by atoms with Crippen LogP contribution < -0.4 is 10.5 Å². The molecule has 3 aromatic rings. The zero-order valence-corrected chi connectivity index (χ0v) is 15.4. The summed E-state index contributed by atoms with van der Waals surface area (Å²) in [6.45, 7) is 1.87. The van der Waals surface area contributed by atoms with Crippen molar-refractivity contribution in [3.8, 4) is 11.8 Å². The Morgan fingerprint density at radius 2 is 1.70 bits per heavy atom. The van der Waals surface area contributed by atoms with Crippen LogP contribution in [-0.4, -0.2) is 26.7 Å². The molecule has 1 aromatic heterocycles. The molecule has 3 rings (SSSR count). The van der Waals surface area contributed by atoms with Crippen LogP contribution in [0, 0.1) is 11.8 Å². The molecule has 0 atom stereocenters. The predicted octanol–water partition coefficient (Wildman–Crippen LogP) is 3.44. The number of anilines is 1. The van der Waals surface area contributed by atoms with Gasteiger partial charge in [-0.1, -0.05) is 11.8 Å². The van der Waals surface area contributed by atoms with E-state index in [1.54, 1.807) is 25.1 Å². The van der Waals surface area contributed by atoms with Crippen molar-refractivity contribution in [1.29, 1.82) is 0 Å². The van der Waals surface area contributed by atoms with Gasteiger partial charge in [-0.2, -0.15) is 0 Å². The number of esters is 1. The van der Waals surface area contributed by atoms with Gasteiger partial charge in [0.15, 0.2) is 0 Å². The van der Waals surface area contributed by atoms with Crippen molar-refractivity contribution in [2.75, 3.05) is 25.6 Å². The third-order valence-corrected chi connectivity index (χ3v) is 3.96. The highest BCUT2D eigenvalue weighted by atomic mass is 16.5. The normalized spacial score (nSPS) is 10.2. The van der Waals surface area contributed by atoms with Crippen LogP contribution in [0.25, 0.3) is 11.0 Å². The summed E-state index contributed by atoms with van der Waals surface area (Å²) in [5.41, 5.74) is 2.33. The first-order valence-electron chi connectivity index (χ1n) is 8.52. The molecule has 5 heteroatoms. The molecule has 0 fully saturated rings. The first-order valence-corrected chi connectivity index (χ1v) is 8.52. The summed E-state index contributed by atoms with van der Waals surface area (Å²) in [6, 6.07) is 14.6. The third kappa shape index (κ3) is 4.18. The maximum Gasteiger partial charge on any atom is 0.351 e. The summed E-state index contributed by atoms with van der Waals surface area (Å²) in [5, 5.41) is 0.618. The monoisotopic (exact) mass is 361 g/mol. The Balaban J connectivity index is 1.93. The lowest BCUT2D eigenvalue weighted by atomic mass is 10.1. The van der Waals surface area contributed by atoms with Gasteiger partial charge in [0, 0.05) is 36.3 Å². The summed E-state index contributed by atoms with van der Waals surface area (Å²) >= 11 is 0. The van der Waals surface area contributed by atoms with Crippen LogP contribution >= 0.6 is 0 Å². The van der Waals surface area contributed by atoms with Crippen molar-refractivity contribution < 1.29 is 13.9 Å². The van der Waals surface area contributed by atoms with E-state index >= 15 is 0 Å². The van der Waals surface area contributed by atoms with Crippen LogP contribution in [0.3, 0.4) is 0 Å². The Kier molecular flexibility index (Phi) is 5.28. The Bertz CT molecular complexity index is 1100. The highest BCUT2D eigenvalue weighted by Crippen LogP contribution is 2.16. The SMILES string of the molecule is CCOC(=O)c1cc2cc(C#Cc3ccc(N(C)C)cc3)ccc2oc1=O. The topological polar surface area (TPSA) is 59.8 Å². The fourth-order valence-corrected chi connectivity index (χ4v) is 2.54. The maximum atomic E-state index is 11.9. The van der Waals surface area contributed by atoms with Crippen LogP contribution in [0.5, 0.6) is 0 Å². The van der Waals surface area contributed by atoms with Crippen molar-refractivity contribution in [2.45, 2.75) is 6.92 Å². The van der Waals surface area contributed by atoms with Crippen molar-refractivity contribution in [1.82, 2.24) is 0 Å². The summed E-state index contributed by atoms with van der Waals surface area (Å²) in [7, 11) is 3.97. The first-order chi connectivity index (χ1) is 13.0. The minimum atomic E-state index is -0.708. The molecule has 0 radical (unpaired) electrons. The molecular formula is C22H19NO4. The van der Waals surface area contributed by atoms with E-state index in [1.807, 2.05) is 43.3 Å². The number of benzene rings is 2. The highest BCUT2D eigenvalue weighted by Gasteiger charge is 2.14. The van der Waals surface area contributed by atoms with E-state index in [-0.39, 0.29) is 12.2 Å². The van der Waals surface area contributed by atoms with Gasteiger partial charge in [0.2, 0.25) is 0 Å². The smallest absolute Gasteiger partial charge is 0.351 e. The summed E-state index contributed by atoms with van der Waals surface area (Å²) in [5.74, 6) is 5.51. The summed E-state index contributed by atoms with van der Waals surface area (Å²) in [6.07, 6.45) is 0. The number of hydrogen-bond donors (Lipinski definition) is 0. The Hall–Kier alpha value is -3.52. The van der Waals surface area contributed by atoms with Gasteiger partial charge in [-0.3, -0.25) is 0 Å². The van der Waals surface area contributed by atoms with Crippen molar-refractivity contribution in [3.63, 3.8) is 0 Å². The van der Waals surface area contributed by atoms with E-state index in [4.69, 9.17) is 9.15 Å². The molecular weight excluding hydrogens is 342 g/mol. The van der Waals surface area contributed by atoms with E-state index in [0.717, 1.165) is 16.8 Å².